The Kier molecular flexibility index (Phi) is 15.3. The molecule has 2 fully saturated rings. The van der Waals surface area contributed by atoms with Gasteiger partial charge in [0.2, 0.25) is 0 Å². The van der Waals surface area contributed by atoms with Gasteiger partial charge in [-0.15, -0.1) is 0 Å². The Hall–Kier alpha value is -1.30. The van der Waals surface area contributed by atoms with Crippen molar-refractivity contribution in [2.75, 3.05) is 0 Å². The summed E-state index contributed by atoms with van der Waals surface area (Å²) in [6.07, 6.45) is 5.07. The molecule has 2 saturated heterocycles. The van der Waals surface area contributed by atoms with Gasteiger partial charge in [0, 0.05) is 46.8 Å². The largest absolute Gasteiger partial charge is 0.481 e. The Balaban J connectivity index is 0.000000585. The molecule has 0 spiro atoms. The van der Waals surface area contributed by atoms with E-state index in [0.717, 1.165) is 25.7 Å². The second kappa shape index (κ2) is 15.8. The number of aliphatic hydroxyl groups is 2. The summed E-state index contributed by atoms with van der Waals surface area (Å²) in [5, 5.41) is 60.2. The van der Waals surface area contributed by atoms with Crippen LogP contribution in [0.1, 0.15) is 133 Å². The van der Waals surface area contributed by atoms with Gasteiger partial charge in [-0.05, 0) is 79.1 Å². The minimum Gasteiger partial charge on any atom is -0.481 e. The van der Waals surface area contributed by atoms with Crippen LogP contribution in [-0.4, -0.2) is 87.3 Å². The standard InChI is InChI=1S/2C12H25NO2.C6H10O4/c2*1-6-11(4)8-10(14)9(3)12(5,7-2)13(11)15;7-5(8)3-1-2-4-6(9)10/h2*9-10,14-15H,6-8H2,1-5H3;1-4H2,(H,7,8)(H,9,10). The number of unbranched alkanes of at least 4 members (excludes halogenated alkanes) is 1. The lowest BCUT2D eigenvalue weighted by Crippen LogP contribution is -2.66. The van der Waals surface area contributed by atoms with Crippen LogP contribution < -0.4 is 0 Å². The van der Waals surface area contributed by atoms with E-state index in [0.29, 0.717) is 25.7 Å². The maximum atomic E-state index is 10.4. The van der Waals surface area contributed by atoms with Gasteiger partial charge in [0.1, 0.15) is 0 Å². The molecule has 0 aromatic carbocycles. The first-order chi connectivity index (χ1) is 18.3. The van der Waals surface area contributed by atoms with E-state index >= 15 is 0 Å². The van der Waals surface area contributed by atoms with E-state index in [1.165, 1.54) is 10.1 Å². The number of carboxylic acid groups (broad SMARTS) is 2. The number of aliphatic hydroxyl groups excluding tert-OH is 2. The zero-order valence-electron chi connectivity index (χ0n) is 26.8. The number of carboxylic acids is 2. The molecule has 10 nitrogen and oxygen atoms in total. The van der Waals surface area contributed by atoms with Crippen LogP contribution in [0.15, 0.2) is 0 Å². The second-order valence-corrected chi connectivity index (χ2v) is 12.9. The summed E-state index contributed by atoms with van der Waals surface area (Å²) in [6.45, 7) is 20.4. The molecule has 0 aromatic heterocycles. The molecule has 0 bridgehead atoms. The third-order valence-electron chi connectivity index (χ3n) is 10.4. The van der Waals surface area contributed by atoms with Crippen molar-refractivity contribution in [1.29, 1.82) is 0 Å². The van der Waals surface area contributed by atoms with E-state index in [4.69, 9.17) is 10.2 Å². The van der Waals surface area contributed by atoms with Crippen molar-refractivity contribution in [1.82, 2.24) is 10.1 Å². The highest BCUT2D eigenvalue weighted by Crippen LogP contribution is 2.45. The molecule has 8 unspecified atom stereocenters. The summed E-state index contributed by atoms with van der Waals surface area (Å²) in [5.41, 5.74) is -1.22. The maximum absolute atomic E-state index is 10.4. The van der Waals surface area contributed by atoms with Crippen molar-refractivity contribution in [3.05, 3.63) is 0 Å². The summed E-state index contributed by atoms with van der Waals surface area (Å²) in [5.74, 6) is -1.53. The zero-order valence-corrected chi connectivity index (χ0v) is 26.8. The van der Waals surface area contributed by atoms with Crippen molar-refractivity contribution in [2.24, 2.45) is 11.8 Å². The second-order valence-electron chi connectivity index (χ2n) is 12.9. The Labute approximate surface area is 242 Å². The fraction of sp³-hybridized carbons (Fsp3) is 0.933. The molecule has 2 heterocycles. The number of nitrogens with zero attached hydrogens (tertiary/aromatic N) is 2. The quantitative estimate of drug-likeness (QED) is 0.192. The molecular weight excluding hydrogens is 516 g/mol. The van der Waals surface area contributed by atoms with E-state index in [2.05, 4.69) is 27.7 Å². The molecule has 40 heavy (non-hydrogen) atoms. The van der Waals surface area contributed by atoms with Gasteiger partial charge in [-0.1, -0.05) is 41.5 Å². The lowest BCUT2D eigenvalue weighted by Gasteiger charge is -2.56. The Bertz CT molecular complexity index is 736. The van der Waals surface area contributed by atoms with Crippen LogP contribution in [0.3, 0.4) is 0 Å². The molecule has 2 rings (SSSR count). The van der Waals surface area contributed by atoms with Gasteiger partial charge in [0.05, 0.1) is 12.2 Å². The average molecular weight is 577 g/mol. The topological polar surface area (TPSA) is 162 Å². The van der Waals surface area contributed by atoms with Crippen molar-refractivity contribution in [3.63, 3.8) is 0 Å². The van der Waals surface area contributed by atoms with Crippen LogP contribution >= 0.6 is 0 Å². The van der Waals surface area contributed by atoms with Gasteiger partial charge in [-0.3, -0.25) is 9.59 Å². The summed E-state index contributed by atoms with van der Waals surface area (Å²) in [7, 11) is 0. The number of hydrogen-bond acceptors (Lipinski definition) is 8. The third kappa shape index (κ3) is 9.10. The lowest BCUT2D eigenvalue weighted by atomic mass is 9.69. The van der Waals surface area contributed by atoms with Gasteiger partial charge in [0.25, 0.3) is 0 Å². The SMILES string of the molecule is CCC1(C)CC(O)C(C)C(C)(CC)N1O.CCC1(C)CC(O)C(C)C(C)(CC)N1O.O=C(O)CCCCC(=O)O. The van der Waals surface area contributed by atoms with Gasteiger partial charge < -0.3 is 30.8 Å². The Morgan fingerprint density at radius 2 is 0.925 bits per heavy atom. The molecule has 2 aliphatic rings. The summed E-state index contributed by atoms with van der Waals surface area (Å²) in [4.78, 5) is 19.8. The Morgan fingerprint density at radius 1 is 0.650 bits per heavy atom. The lowest BCUT2D eigenvalue weighted by molar-refractivity contribution is -0.287. The first-order valence-corrected chi connectivity index (χ1v) is 15.0. The average Bonchev–Trinajstić information content (AvgIpc) is 2.91. The first-order valence-electron chi connectivity index (χ1n) is 15.0. The monoisotopic (exact) mass is 576 g/mol. The van der Waals surface area contributed by atoms with E-state index in [1.807, 2.05) is 41.5 Å². The van der Waals surface area contributed by atoms with Crippen molar-refractivity contribution >= 4 is 11.9 Å². The molecule has 0 aromatic rings. The highest BCUT2D eigenvalue weighted by Gasteiger charge is 2.53. The Morgan fingerprint density at radius 3 is 1.12 bits per heavy atom. The van der Waals surface area contributed by atoms with Gasteiger partial charge in [-0.2, -0.15) is 10.1 Å². The van der Waals surface area contributed by atoms with E-state index in [9.17, 15) is 30.2 Å². The van der Waals surface area contributed by atoms with Crippen LogP contribution in [0, 0.1) is 11.8 Å². The predicted molar refractivity (Wildman–Crippen MR) is 155 cm³/mol. The van der Waals surface area contributed by atoms with E-state index in [1.54, 1.807) is 0 Å². The first kappa shape index (κ1) is 38.7. The highest BCUT2D eigenvalue weighted by atomic mass is 16.5. The molecule has 238 valence electrons. The van der Waals surface area contributed by atoms with Crippen LogP contribution in [0.25, 0.3) is 0 Å². The van der Waals surface area contributed by atoms with Crippen molar-refractivity contribution in [2.45, 2.75) is 168 Å². The summed E-state index contributed by atoms with van der Waals surface area (Å²) in [6, 6.07) is 0. The number of hydroxylamine groups is 4. The molecule has 0 aliphatic carbocycles. The summed E-state index contributed by atoms with van der Waals surface area (Å²) >= 11 is 0. The van der Waals surface area contributed by atoms with Crippen LogP contribution in [0.5, 0.6) is 0 Å². The molecule has 6 N–H and O–H groups in total. The predicted octanol–water partition coefficient (Wildman–Crippen LogP) is 5.55. The van der Waals surface area contributed by atoms with Crippen LogP contribution in [-0.2, 0) is 9.59 Å². The molecule has 2 aliphatic heterocycles. The van der Waals surface area contributed by atoms with Crippen molar-refractivity contribution in [3.8, 4) is 0 Å². The smallest absolute Gasteiger partial charge is 0.303 e. The third-order valence-corrected chi connectivity index (χ3v) is 10.4. The molecule has 8 atom stereocenters. The van der Waals surface area contributed by atoms with E-state index in [-0.39, 0.29) is 59.0 Å². The number of hydrogen-bond donors (Lipinski definition) is 6. The fourth-order valence-electron chi connectivity index (χ4n) is 5.96. The molecule has 0 radical (unpaired) electrons. The minimum absolute atomic E-state index is 0.0628. The number of rotatable bonds is 9. The number of aliphatic carboxylic acids is 2. The molecular formula is C30H60N2O8. The van der Waals surface area contributed by atoms with Gasteiger partial charge >= 0.3 is 11.9 Å². The fourth-order valence-corrected chi connectivity index (χ4v) is 5.96. The number of carbonyl (C=O) groups is 2. The normalized spacial score (nSPS) is 38.5. The highest BCUT2D eigenvalue weighted by molar-refractivity contribution is 5.67. The minimum atomic E-state index is -0.870. The zero-order chi connectivity index (χ0) is 31.7. The summed E-state index contributed by atoms with van der Waals surface area (Å²) < 4.78 is 0. The molecule has 0 saturated carbocycles. The van der Waals surface area contributed by atoms with Crippen molar-refractivity contribution < 1.29 is 40.4 Å². The van der Waals surface area contributed by atoms with Gasteiger partial charge in [-0.25, -0.2) is 0 Å². The molecule has 0 amide bonds. The number of piperidine rings is 2. The van der Waals surface area contributed by atoms with E-state index < -0.39 is 11.9 Å². The van der Waals surface area contributed by atoms with Crippen LogP contribution in [0.2, 0.25) is 0 Å². The molecule has 10 heteroatoms. The van der Waals surface area contributed by atoms with Crippen LogP contribution in [0.4, 0.5) is 0 Å². The maximum Gasteiger partial charge on any atom is 0.303 e. The van der Waals surface area contributed by atoms with Gasteiger partial charge in [0.15, 0.2) is 0 Å².